The standard InChI is InChI=1S/C12H27N3O2/c1-4-7-14-12(16)11(2)15(8-5-6-13)9-10-17-3/h11H,4-10,13H2,1-3H3,(H,14,16). The zero-order valence-corrected chi connectivity index (χ0v) is 11.4. The molecule has 0 aliphatic heterocycles. The maximum absolute atomic E-state index is 11.8. The van der Waals surface area contributed by atoms with Gasteiger partial charge < -0.3 is 15.8 Å². The lowest BCUT2D eigenvalue weighted by atomic mass is 10.2. The minimum atomic E-state index is -0.122. The molecule has 0 radical (unpaired) electrons. The average molecular weight is 245 g/mol. The topological polar surface area (TPSA) is 67.6 Å². The van der Waals surface area contributed by atoms with Gasteiger partial charge in [-0.25, -0.2) is 0 Å². The number of methoxy groups -OCH3 is 1. The van der Waals surface area contributed by atoms with E-state index in [4.69, 9.17) is 10.5 Å². The van der Waals surface area contributed by atoms with Crippen molar-refractivity contribution in [1.29, 1.82) is 0 Å². The first-order chi connectivity index (χ1) is 8.17. The van der Waals surface area contributed by atoms with Crippen molar-refractivity contribution in [2.45, 2.75) is 32.7 Å². The first-order valence-corrected chi connectivity index (χ1v) is 6.38. The number of amides is 1. The maximum Gasteiger partial charge on any atom is 0.237 e. The Kier molecular flexibility index (Phi) is 10.1. The first kappa shape index (κ1) is 16.4. The van der Waals surface area contributed by atoms with Gasteiger partial charge >= 0.3 is 0 Å². The number of ether oxygens (including phenoxy) is 1. The lowest BCUT2D eigenvalue weighted by Gasteiger charge is -2.27. The van der Waals surface area contributed by atoms with Crippen molar-refractivity contribution in [3.63, 3.8) is 0 Å². The Balaban J connectivity index is 4.17. The predicted octanol–water partition coefficient (Wildman–Crippen LogP) is 0.198. The lowest BCUT2D eigenvalue weighted by Crippen LogP contribution is -2.47. The highest BCUT2D eigenvalue weighted by Crippen LogP contribution is 2.01. The van der Waals surface area contributed by atoms with Crippen molar-refractivity contribution in [3.8, 4) is 0 Å². The van der Waals surface area contributed by atoms with Crippen LogP contribution in [0, 0.1) is 0 Å². The smallest absolute Gasteiger partial charge is 0.237 e. The van der Waals surface area contributed by atoms with Crippen molar-refractivity contribution < 1.29 is 9.53 Å². The van der Waals surface area contributed by atoms with E-state index in [2.05, 4.69) is 10.2 Å². The Labute approximate surface area is 105 Å². The van der Waals surface area contributed by atoms with E-state index in [1.807, 2.05) is 13.8 Å². The van der Waals surface area contributed by atoms with Gasteiger partial charge in [0.05, 0.1) is 12.6 Å². The van der Waals surface area contributed by atoms with E-state index in [1.165, 1.54) is 0 Å². The van der Waals surface area contributed by atoms with Gasteiger partial charge in [-0.05, 0) is 26.3 Å². The molecule has 102 valence electrons. The number of rotatable bonds is 10. The Morgan fingerprint density at radius 2 is 2.18 bits per heavy atom. The van der Waals surface area contributed by atoms with Crippen molar-refractivity contribution in [2.75, 3.05) is 39.9 Å². The van der Waals surface area contributed by atoms with Crippen LogP contribution in [0.1, 0.15) is 26.7 Å². The molecule has 1 atom stereocenters. The molecular formula is C12H27N3O2. The second-order valence-electron chi connectivity index (χ2n) is 4.14. The fraction of sp³-hybridized carbons (Fsp3) is 0.917. The van der Waals surface area contributed by atoms with Crippen LogP contribution in [0.3, 0.4) is 0 Å². The molecule has 0 aromatic rings. The van der Waals surface area contributed by atoms with Crippen LogP contribution in [-0.2, 0) is 9.53 Å². The van der Waals surface area contributed by atoms with Crippen LogP contribution >= 0.6 is 0 Å². The molecule has 0 saturated carbocycles. The van der Waals surface area contributed by atoms with Crippen molar-refractivity contribution in [2.24, 2.45) is 5.73 Å². The largest absolute Gasteiger partial charge is 0.383 e. The van der Waals surface area contributed by atoms with Gasteiger partial charge in [0.2, 0.25) is 5.91 Å². The summed E-state index contributed by atoms with van der Waals surface area (Å²) in [5.41, 5.74) is 5.50. The van der Waals surface area contributed by atoms with Crippen molar-refractivity contribution in [3.05, 3.63) is 0 Å². The number of hydrogen-bond acceptors (Lipinski definition) is 4. The van der Waals surface area contributed by atoms with Gasteiger partial charge in [-0.1, -0.05) is 6.92 Å². The second-order valence-corrected chi connectivity index (χ2v) is 4.14. The molecule has 0 bridgehead atoms. The predicted molar refractivity (Wildman–Crippen MR) is 69.9 cm³/mol. The monoisotopic (exact) mass is 245 g/mol. The second kappa shape index (κ2) is 10.5. The van der Waals surface area contributed by atoms with Crippen LogP contribution in [0.5, 0.6) is 0 Å². The van der Waals surface area contributed by atoms with E-state index in [-0.39, 0.29) is 11.9 Å². The van der Waals surface area contributed by atoms with Gasteiger partial charge in [0.15, 0.2) is 0 Å². The highest BCUT2D eigenvalue weighted by atomic mass is 16.5. The number of nitrogens with two attached hydrogens (primary N) is 1. The third kappa shape index (κ3) is 7.31. The van der Waals surface area contributed by atoms with Crippen LogP contribution < -0.4 is 11.1 Å². The van der Waals surface area contributed by atoms with Gasteiger partial charge in [0.25, 0.3) is 0 Å². The third-order valence-corrected chi connectivity index (χ3v) is 2.71. The molecule has 0 aliphatic rings. The summed E-state index contributed by atoms with van der Waals surface area (Å²) in [4.78, 5) is 14.0. The third-order valence-electron chi connectivity index (χ3n) is 2.71. The summed E-state index contributed by atoms with van der Waals surface area (Å²) in [6.45, 7) is 7.58. The molecule has 0 saturated heterocycles. The number of hydrogen-bond donors (Lipinski definition) is 2. The molecule has 0 fully saturated rings. The maximum atomic E-state index is 11.8. The minimum Gasteiger partial charge on any atom is -0.383 e. The molecular weight excluding hydrogens is 218 g/mol. The molecule has 0 aliphatic carbocycles. The lowest BCUT2D eigenvalue weighted by molar-refractivity contribution is -0.126. The fourth-order valence-corrected chi connectivity index (χ4v) is 1.56. The molecule has 0 heterocycles. The van der Waals surface area contributed by atoms with E-state index >= 15 is 0 Å². The summed E-state index contributed by atoms with van der Waals surface area (Å²) in [7, 11) is 1.67. The van der Waals surface area contributed by atoms with Gasteiger partial charge in [-0.15, -0.1) is 0 Å². The molecule has 17 heavy (non-hydrogen) atoms. The quantitative estimate of drug-likeness (QED) is 0.577. The van der Waals surface area contributed by atoms with Crippen LogP contribution in [-0.4, -0.2) is 56.7 Å². The molecule has 1 amide bonds. The SMILES string of the molecule is CCCNC(=O)C(C)N(CCCN)CCOC. The number of carbonyl (C=O) groups excluding carboxylic acids is 1. The van der Waals surface area contributed by atoms with Crippen molar-refractivity contribution >= 4 is 5.91 Å². The van der Waals surface area contributed by atoms with E-state index in [0.29, 0.717) is 13.2 Å². The molecule has 0 aromatic carbocycles. The van der Waals surface area contributed by atoms with E-state index in [1.54, 1.807) is 7.11 Å². The molecule has 0 rings (SSSR count). The number of carbonyl (C=O) groups is 1. The first-order valence-electron chi connectivity index (χ1n) is 6.38. The van der Waals surface area contributed by atoms with Gasteiger partial charge in [0.1, 0.15) is 0 Å². The molecule has 3 N–H and O–H groups in total. The minimum absolute atomic E-state index is 0.0833. The summed E-state index contributed by atoms with van der Waals surface area (Å²) in [6, 6.07) is -0.122. The molecule has 1 unspecified atom stereocenters. The Morgan fingerprint density at radius 3 is 2.71 bits per heavy atom. The summed E-state index contributed by atoms with van der Waals surface area (Å²) in [5, 5.41) is 2.91. The highest BCUT2D eigenvalue weighted by molar-refractivity contribution is 5.81. The van der Waals surface area contributed by atoms with Crippen LogP contribution in [0.25, 0.3) is 0 Å². The average Bonchev–Trinajstić information content (AvgIpc) is 2.35. The van der Waals surface area contributed by atoms with E-state index in [0.717, 1.165) is 32.5 Å². The van der Waals surface area contributed by atoms with Crippen LogP contribution in [0.2, 0.25) is 0 Å². The molecule has 5 nitrogen and oxygen atoms in total. The molecule has 0 aromatic heterocycles. The molecule has 5 heteroatoms. The normalized spacial score (nSPS) is 12.8. The Morgan fingerprint density at radius 1 is 1.47 bits per heavy atom. The zero-order chi connectivity index (χ0) is 13.1. The molecule has 0 spiro atoms. The number of nitrogens with zero attached hydrogens (tertiary/aromatic N) is 1. The fourth-order valence-electron chi connectivity index (χ4n) is 1.56. The zero-order valence-electron chi connectivity index (χ0n) is 11.4. The summed E-state index contributed by atoms with van der Waals surface area (Å²) >= 11 is 0. The summed E-state index contributed by atoms with van der Waals surface area (Å²) in [6.07, 6.45) is 1.86. The highest BCUT2D eigenvalue weighted by Gasteiger charge is 2.19. The van der Waals surface area contributed by atoms with Gasteiger partial charge in [-0.2, -0.15) is 0 Å². The van der Waals surface area contributed by atoms with Gasteiger partial charge in [-0.3, -0.25) is 9.69 Å². The summed E-state index contributed by atoms with van der Waals surface area (Å²) in [5.74, 6) is 0.0833. The van der Waals surface area contributed by atoms with Crippen LogP contribution in [0.4, 0.5) is 0 Å². The number of nitrogens with one attached hydrogen (secondary N) is 1. The Hall–Kier alpha value is -0.650. The summed E-state index contributed by atoms with van der Waals surface area (Å²) < 4.78 is 5.06. The van der Waals surface area contributed by atoms with Crippen molar-refractivity contribution in [1.82, 2.24) is 10.2 Å². The van der Waals surface area contributed by atoms with E-state index < -0.39 is 0 Å². The van der Waals surface area contributed by atoms with Gasteiger partial charge in [0, 0.05) is 26.7 Å². The Bertz CT molecular complexity index is 192. The van der Waals surface area contributed by atoms with Crippen LogP contribution in [0.15, 0.2) is 0 Å². The van der Waals surface area contributed by atoms with E-state index in [9.17, 15) is 4.79 Å².